The molecule has 1 aromatic heterocycles. The molecule has 128 valence electrons. The Labute approximate surface area is 154 Å². The lowest BCUT2D eigenvalue weighted by atomic mass is 10.1. The molecule has 1 amide bonds. The van der Waals surface area contributed by atoms with Gasteiger partial charge < -0.3 is 5.32 Å². The molecule has 0 radical (unpaired) electrons. The maximum absolute atomic E-state index is 12.2. The minimum Gasteiger partial charge on any atom is -0.348 e. The van der Waals surface area contributed by atoms with E-state index in [9.17, 15) is 4.79 Å². The summed E-state index contributed by atoms with van der Waals surface area (Å²) in [7, 11) is 0. The van der Waals surface area contributed by atoms with Crippen LogP contribution in [0.3, 0.4) is 0 Å². The first-order valence-corrected chi connectivity index (χ1v) is 8.70. The van der Waals surface area contributed by atoms with Gasteiger partial charge in [0.05, 0.1) is 6.04 Å². The first-order chi connectivity index (χ1) is 12.0. The van der Waals surface area contributed by atoms with Gasteiger partial charge in [-0.25, -0.2) is 0 Å². The molecular weight excluding hydrogens is 382 g/mol. The van der Waals surface area contributed by atoms with Gasteiger partial charge >= 0.3 is 0 Å². The van der Waals surface area contributed by atoms with Crippen LogP contribution < -0.4 is 5.32 Å². The minimum absolute atomic E-state index is 0.0275. The molecule has 6 nitrogen and oxygen atoms in total. The van der Waals surface area contributed by atoms with Crippen LogP contribution >= 0.6 is 15.9 Å². The summed E-state index contributed by atoms with van der Waals surface area (Å²) in [4.78, 5) is 13.5. The van der Waals surface area contributed by atoms with E-state index < -0.39 is 0 Å². The van der Waals surface area contributed by atoms with E-state index in [1.54, 1.807) is 0 Å². The predicted molar refractivity (Wildman–Crippen MR) is 98.7 cm³/mol. The minimum atomic E-state index is -0.164. The highest BCUT2D eigenvalue weighted by Crippen LogP contribution is 2.17. The maximum Gasteiger partial charge on any atom is 0.244 e. The molecule has 0 fully saturated rings. The summed E-state index contributed by atoms with van der Waals surface area (Å²) >= 11 is 3.40. The van der Waals surface area contributed by atoms with Crippen LogP contribution in [-0.2, 0) is 11.3 Å². The third kappa shape index (κ3) is 4.51. The molecule has 2 aromatic carbocycles. The van der Waals surface area contributed by atoms with Crippen molar-refractivity contribution in [2.24, 2.45) is 0 Å². The summed E-state index contributed by atoms with van der Waals surface area (Å²) in [6, 6.07) is 15.6. The van der Waals surface area contributed by atoms with E-state index in [0.717, 1.165) is 21.2 Å². The highest BCUT2D eigenvalue weighted by Gasteiger charge is 2.12. The monoisotopic (exact) mass is 399 g/mol. The summed E-state index contributed by atoms with van der Waals surface area (Å²) in [5, 5.41) is 15.2. The van der Waals surface area contributed by atoms with Crippen molar-refractivity contribution in [3.05, 3.63) is 64.1 Å². The van der Waals surface area contributed by atoms with Gasteiger partial charge in [-0.3, -0.25) is 4.79 Å². The molecule has 3 rings (SSSR count). The zero-order chi connectivity index (χ0) is 17.8. The number of nitrogens with zero attached hydrogens (tertiary/aromatic N) is 4. The lowest BCUT2D eigenvalue weighted by Crippen LogP contribution is -2.30. The molecule has 1 heterocycles. The fraction of sp³-hybridized carbons (Fsp3) is 0.222. The van der Waals surface area contributed by atoms with Crippen molar-refractivity contribution in [1.29, 1.82) is 0 Å². The Balaban J connectivity index is 1.61. The second kappa shape index (κ2) is 7.57. The van der Waals surface area contributed by atoms with Gasteiger partial charge in [0.2, 0.25) is 11.7 Å². The molecule has 0 bridgehead atoms. The van der Waals surface area contributed by atoms with Gasteiger partial charge in [0, 0.05) is 10.0 Å². The van der Waals surface area contributed by atoms with Gasteiger partial charge in [-0.2, -0.15) is 4.80 Å². The summed E-state index contributed by atoms with van der Waals surface area (Å²) in [6.07, 6.45) is 0. The van der Waals surface area contributed by atoms with Crippen LogP contribution in [0.15, 0.2) is 53.0 Å². The molecule has 1 atom stereocenters. The Kier molecular flexibility index (Phi) is 5.23. The van der Waals surface area contributed by atoms with Crippen LogP contribution in [0.4, 0.5) is 0 Å². The lowest BCUT2D eigenvalue weighted by Gasteiger charge is -2.14. The Bertz CT molecular complexity index is 858. The fourth-order valence-electron chi connectivity index (χ4n) is 2.38. The van der Waals surface area contributed by atoms with E-state index in [1.807, 2.05) is 62.4 Å². The third-order valence-electron chi connectivity index (χ3n) is 3.80. The van der Waals surface area contributed by atoms with Gasteiger partial charge in [0.1, 0.15) is 6.54 Å². The van der Waals surface area contributed by atoms with Gasteiger partial charge in [-0.05, 0) is 36.8 Å². The smallest absolute Gasteiger partial charge is 0.244 e. The summed E-state index contributed by atoms with van der Waals surface area (Å²) in [5.74, 6) is 0.344. The number of aromatic nitrogens is 4. The number of rotatable bonds is 5. The average Bonchev–Trinajstić information content (AvgIpc) is 3.04. The normalized spacial score (nSPS) is 12.0. The summed E-state index contributed by atoms with van der Waals surface area (Å²) in [6.45, 7) is 3.98. The van der Waals surface area contributed by atoms with Crippen molar-refractivity contribution in [3.63, 3.8) is 0 Å². The Morgan fingerprint density at radius 2 is 1.84 bits per heavy atom. The average molecular weight is 400 g/mol. The Morgan fingerprint density at radius 1 is 1.16 bits per heavy atom. The summed E-state index contributed by atoms with van der Waals surface area (Å²) < 4.78 is 1.00. The van der Waals surface area contributed by atoms with Gasteiger partial charge in [0.25, 0.3) is 0 Å². The number of tetrazole rings is 1. The first-order valence-electron chi connectivity index (χ1n) is 7.91. The molecule has 0 aliphatic rings. The van der Waals surface area contributed by atoms with E-state index in [-0.39, 0.29) is 18.5 Å². The number of hydrogen-bond acceptors (Lipinski definition) is 4. The van der Waals surface area contributed by atoms with E-state index in [2.05, 4.69) is 36.7 Å². The maximum atomic E-state index is 12.2. The van der Waals surface area contributed by atoms with Crippen molar-refractivity contribution < 1.29 is 4.79 Å². The molecule has 3 aromatic rings. The Morgan fingerprint density at radius 3 is 2.52 bits per heavy atom. The van der Waals surface area contributed by atoms with Gasteiger partial charge in [-0.15, -0.1) is 10.2 Å². The molecule has 0 aliphatic heterocycles. The van der Waals surface area contributed by atoms with Gasteiger partial charge in [-0.1, -0.05) is 57.9 Å². The molecule has 0 unspecified atom stereocenters. The third-order valence-corrected chi connectivity index (χ3v) is 4.32. The highest BCUT2D eigenvalue weighted by atomic mass is 79.9. The van der Waals surface area contributed by atoms with E-state index in [0.29, 0.717) is 5.82 Å². The van der Waals surface area contributed by atoms with E-state index in [1.165, 1.54) is 4.80 Å². The second-order valence-corrected chi connectivity index (χ2v) is 6.77. The molecule has 0 spiro atoms. The van der Waals surface area contributed by atoms with Crippen LogP contribution in [-0.4, -0.2) is 26.1 Å². The number of halogens is 1. The van der Waals surface area contributed by atoms with E-state index in [4.69, 9.17) is 0 Å². The van der Waals surface area contributed by atoms with Crippen molar-refractivity contribution in [1.82, 2.24) is 25.5 Å². The standard InChI is InChI=1S/C18H18BrN5O/c1-12-3-5-15(6-4-12)18-21-23-24(22-18)11-17(25)20-13(2)14-7-9-16(19)10-8-14/h3-10,13H,11H2,1-2H3,(H,20,25)/t13-/m0/s1. The van der Waals surface area contributed by atoms with Crippen molar-refractivity contribution in [3.8, 4) is 11.4 Å². The first kappa shape index (κ1) is 17.3. The molecule has 25 heavy (non-hydrogen) atoms. The number of nitrogens with one attached hydrogen (secondary N) is 1. The largest absolute Gasteiger partial charge is 0.348 e. The molecular formula is C18H18BrN5O. The highest BCUT2D eigenvalue weighted by molar-refractivity contribution is 9.10. The zero-order valence-electron chi connectivity index (χ0n) is 14.0. The quantitative estimate of drug-likeness (QED) is 0.714. The van der Waals surface area contributed by atoms with Gasteiger partial charge in [0.15, 0.2) is 0 Å². The van der Waals surface area contributed by atoms with Crippen molar-refractivity contribution >= 4 is 21.8 Å². The zero-order valence-corrected chi connectivity index (χ0v) is 15.6. The Hall–Kier alpha value is -2.54. The molecule has 0 saturated heterocycles. The van der Waals surface area contributed by atoms with Crippen LogP contribution in [0.1, 0.15) is 24.1 Å². The topological polar surface area (TPSA) is 72.7 Å². The SMILES string of the molecule is Cc1ccc(-c2nnn(CC(=O)N[C@@H](C)c3ccc(Br)cc3)n2)cc1. The number of hydrogen-bond donors (Lipinski definition) is 1. The molecule has 1 N–H and O–H groups in total. The van der Waals surface area contributed by atoms with Crippen LogP contribution in [0.25, 0.3) is 11.4 Å². The number of carbonyl (C=O) groups is 1. The summed E-state index contributed by atoms with van der Waals surface area (Å²) in [5.41, 5.74) is 3.07. The molecule has 0 aliphatic carbocycles. The number of amides is 1. The van der Waals surface area contributed by atoms with Crippen molar-refractivity contribution in [2.75, 3.05) is 0 Å². The number of benzene rings is 2. The number of carbonyl (C=O) groups excluding carboxylic acids is 1. The van der Waals surface area contributed by atoms with Crippen LogP contribution in [0, 0.1) is 6.92 Å². The van der Waals surface area contributed by atoms with Crippen LogP contribution in [0.5, 0.6) is 0 Å². The fourth-order valence-corrected chi connectivity index (χ4v) is 2.64. The van der Waals surface area contributed by atoms with E-state index >= 15 is 0 Å². The number of aryl methyl sites for hydroxylation is 1. The molecule has 7 heteroatoms. The van der Waals surface area contributed by atoms with Crippen LogP contribution in [0.2, 0.25) is 0 Å². The second-order valence-electron chi connectivity index (χ2n) is 5.85. The lowest BCUT2D eigenvalue weighted by molar-refractivity contribution is -0.122. The molecule has 0 saturated carbocycles. The predicted octanol–water partition coefficient (Wildman–Crippen LogP) is 3.29. The van der Waals surface area contributed by atoms with Crippen molar-refractivity contribution in [2.45, 2.75) is 26.4 Å².